The molecule has 11 heteroatoms. The molecule has 2 aromatic carbocycles. The predicted molar refractivity (Wildman–Crippen MR) is 132 cm³/mol. The van der Waals surface area contributed by atoms with Gasteiger partial charge in [-0.25, -0.2) is 10.2 Å². The van der Waals surface area contributed by atoms with E-state index in [1.54, 1.807) is 24.5 Å². The molecule has 0 radical (unpaired) electrons. The minimum Gasteiger partial charge on any atom is -0.478 e. The maximum atomic E-state index is 12.3. The van der Waals surface area contributed by atoms with Crippen LogP contribution in [-0.4, -0.2) is 48.7 Å². The summed E-state index contributed by atoms with van der Waals surface area (Å²) in [6, 6.07) is 17.6. The van der Waals surface area contributed by atoms with Gasteiger partial charge in [-0.05, 0) is 54.1 Å². The lowest BCUT2D eigenvalue weighted by Crippen LogP contribution is -2.20. The van der Waals surface area contributed by atoms with Gasteiger partial charge in [0.25, 0.3) is 5.91 Å². The minimum absolute atomic E-state index is 0.0665. The summed E-state index contributed by atoms with van der Waals surface area (Å²) in [5, 5.41) is 22.0. The third kappa shape index (κ3) is 5.74. The second kappa shape index (κ2) is 10.9. The van der Waals surface area contributed by atoms with E-state index in [0.717, 1.165) is 15.7 Å². The Morgan fingerprint density at radius 2 is 1.85 bits per heavy atom. The van der Waals surface area contributed by atoms with Crippen LogP contribution >= 0.6 is 27.7 Å². The zero-order chi connectivity index (χ0) is 23.9. The Bertz CT molecular complexity index is 1330. The number of benzene rings is 2. The summed E-state index contributed by atoms with van der Waals surface area (Å²) in [5.41, 5.74) is 4.95. The van der Waals surface area contributed by atoms with Crippen molar-refractivity contribution in [2.45, 2.75) is 5.16 Å². The van der Waals surface area contributed by atoms with Crippen molar-refractivity contribution in [1.82, 2.24) is 25.2 Å². The molecule has 0 atom stereocenters. The number of carbonyl (C=O) groups excluding carboxylic acids is 1. The first-order valence-electron chi connectivity index (χ1n) is 9.91. The molecule has 2 heterocycles. The molecule has 0 aliphatic heterocycles. The number of rotatable bonds is 8. The number of hydrogen-bond donors (Lipinski definition) is 2. The van der Waals surface area contributed by atoms with Gasteiger partial charge in [-0.15, -0.1) is 10.2 Å². The van der Waals surface area contributed by atoms with E-state index >= 15 is 0 Å². The summed E-state index contributed by atoms with van der Waals surface area (Å²) in [6.45, 7) is 0. The normalized spacial score (nSPS) is 11.0. The van der Waals surface area contributed by atoms with Gasteiger partial charge in [0.15, 0.2) is 11.0 Å². The fourth-order valence-electron chi connectivity index (χ4n) is 2.92. The maximum Gasteiger partial charge on any atom is 0.335 e. The van der Waals surface area contributed by atoms with E-state index in [0.29, 0.717) is 16.5 Å². The molecule has 0 saturated heterocycles. The highest BCUT2D eigenvalue weighted by Crippen LogP contribution is 2.28. The van der Waals surface area contributed by atoms with Gasteiger partial charge in [0.05, 0.1) is 17.5 Å². The molecule has 0 saturated carbocycles. The topological polar surface area (TPSA) is 122 Å². The summed E-state index contributed by atoms with van der Waals surface area (Å²) in [7, 11) is 0. The Morgan fingerprint density at radius 1 is 1.09 bits per heavy atom. The first-order valence-corrected chi connectivity index (χ1v) is 11.7. The largest absolute Gasteiger partial charge is 0.478 e. The second-order valence-electron chi connectivity index (χ2n) is 6.87. The predicted octanol–water partition coefficient (Wildman–Crippen LogP) is 4.03. The van der Waals surface area contributed by atoms with Crippen LogP contribution < -0.4 is 5.43 Å². The third-order valence-electron chi connectivity index (χ3n) is 4.53. The van der Waals surface area contributed by atoms with Crippen LogP contribution in [0.4, 0.5) is 0 Å². The van der Waals surface area contributed by atoms with Crippen LogP contribution in [-0.2, 0) is 4.79 Å². The van der Waals surface area contributed by atoms with Crippen LogP contribution in [0.5, 0.6) is 0 Å². The van der Waals surface area contributed by atoms with Gasteiger partial charge in [0.2, 0.25) is 0 Å². The summed E-state index contributed by atoms with van der Waals surface area (Å²) in [4.78, 5) is 27.4. The average molecular weight is 537 g/mol. The summed E-state index contributed by atoms with van der Waals surface area (Å²) in [6.07, 6.45) is 4.84. The van der Waals surface area contributed by atoms with Crippen LogP contribution in [0.15, 0.2) is 87.8 Å². The maximum absolute atomic E-state index is 12.3. The molecule has 0 bridgehead atoms. The first kappa shape index (κ1) is 23.3. The van der Waals surface area contributed by atoms with Crippen molar-refractivity contribution in [1.29, 1.82) is 0 Å². The Kier molecular flexibility index (Phi) is 7.45. The standard InChI is InChI=1S/C23H17BrN6O3S/c24-18-7-9-19(10-8-18)30-21(17-2-1-11-25-13-17)28-29-23(30)34-14-20(31)27-26-12-15-3-5-16(6-4-15)22(32)33/h1-13H,14H2,(H,27,31)(H,32,33). The molecule has 2 aromatic heterocycles. The van der Waals surface area contributed by atoms with Gasteiger partial charge in [-0.2, -0.15) is 5.10 Å². The molecule has 0 fully saturated rings. The van der Waals surface area contributed by atoms with E-state index < -0.39 is 5.97 Å². The molecule has 0 aliphatic rings. The van der Waals surface area contributed by atoms with E-state index in [-0.39, 0.29) is 17.2 Å². The Balaban J connectivity index is 1.46. The number of carbonyl (C=O) groups is 2. The summed E-state index contributed by atoms with van der Waals surface area (Å²) < 4.78 is 2.81. The summed E-state index contributed by atoms with van der Waals surface area (Å²) in [5.74, 6) is -0.647. The van der Waals surface area contributed by atoms with Crippen LogP contribution in [0, 0.1) is 0 Å². The van der Waals surface area contributed by atoms with Crippen molar-refractivity contribution in [3.8, 4) is 17.1 Å². The quantitative estimate of drug-likeness (QED) is 0.198. The molecular formula is C23H17BrN6O3S. The molecule has 0 spiro atoms. The number of nitrogens with zero attached hydrogens (tertiary/aromatic N) is 5. The molecule has 170 valence electrons. The van der Waals surface area contributed by atoms with Gasteiger partial charge in [0.1, 0.15) is 0 Å². The molecule has 34 heavy (non-hydrogen) atoms. The number of carboxylic acids is 1. The molecular weight excluding hydrogens is 520 g/mol. The van der Waals surface area contributed by atoms with Crippen molar-refractivity contribution in [2.75, 3.05) is 5.75 Å². The third-order valence-corrected chi connectivity index (χ3v) is 5.99. The number of aromatic nitrogens is 4. The number of halogens is 1. The Labute approximate surface area is 207 Å². The van der Waals surface area contributed by atoms with Crippen molar-refractivity contribution in [3.05, 3.63) is 88.7 Å². The van der Waals surface area contributed by atoms with Crippen LogP contribution in [0.3, 0.4) is 0 Å². The second-order valence-corrected chi connectivity index (χ2v) is 8.73. The number of aromatic carboxylic acids is 1. The fraction of sp³-hybridized carbons (Fsp3) is 0.0435. The van der Waals surface area contributed by atoms with Gasteiger partial charge in [-0.1, -0.05) is 39.8 Å². The molecule has 0 unspecified atom stereocenters. The smallest absolute Gasteiger partial charge is 0.335 e. The number of carboxylic acid groups (broad SMARTS) is 1. The number of hydrogen-bond acceptors (Lipinski definition) is 7. The highest BCUT2D eigenvalue weighted by Gasteiger charge is 2.17. The fourth-order valence-corrected chi connectivity index (χ4v) is 3.93. The molecule has 4 rings (SSSR count). The van der Waals surface area contributed by atoms with Crippen molar-refractivity contribution >= 4 is 45.8 Å². The minimum atomic E-state index is -1.00. The number of hydrazone groups is 1. The number of amides is 1. The number of pyridine rings is 1. The lowest BCUT2D eigenvalue weighted by Gasteiger charge is -2.10. The van der Waals surface area contributed by atoms with E-state index in [4.69, 9.17) is 5.11 Å². The van der Waals surface area contributed by atoms with Crippen LogP contribution in [0.25, 0.3) is 17.1 Å². The number of nitrogens with one attached hydrogen (secondary N) is 1. The van der Waals surface area contributed by atoms with Gasteiger partial charge < -0.3 is 5.11 Å². The lowest BCUT2D eigenvalue weighted by atomic mass is 10.1. The van der Waals surface area contributed by atoms with Crippen LogP contribution in [0.1, 0.15) is 15.9 Å². The molecule has 0 aliphatic carbocycles. The Morgan fingerprint density at radius 3 is 2.53 bits per heavy atom. The zero-order valence-corrected chi connectivity index (χ0v) is 19.9. The van der Waals surface area contributed by atoms with Gasteiger partial charge in [-0.3, -0.25) is 14.3 Å². The molecule has 9 nitrogen and oxygen atoms in total. The van der Waals surface area contributed by atoms with E-state index in [2.05, 4.69) is 41.6 Å². The van der Waals surface area contributed by atoms with Crippen molar-refractivity contribution in [2.24, 2.45) is 5.10 Å². The SMILES string of the molecule is O=C(CSc1nnc(-c2cccnc2)n1-c1ccc(Br)cc1)NN=Cc1ccc(C(=O)O)cc1. The average Bonchev–Trinajstić information content (AvgIpc) is 3.28. The monoisotopic (exact) mass is 536 g/mol. The van der Waals surface area contributed by atoms with Gasteiger partial charge >= 0.3 is 5.97 Å². The van der Waals surface area contributed by atoms with E-state index in [1.165, 1.54) is 30.1 Å². The lowest BCUT2D eigenvalue weighted by molar-refractivity contribution is -0.118. The first-order chi connectivity index (χ1) is 16.5. The van der Waals surface area contributed by atoms with Gasteiger partial charge in [0, 0.05) is 28.1 Å². The summed E-state index contributed by atoms with van der Waals surface area (Å²) >= 11 is 4.67. The zero-order valence-electron chi connectivity index (χ0n) is 17.5. The molecule has 1 amide bonds. The van der Waals surface area contributed by atoms with Crippen LogP contribution in [0.2, 0.25) is 0 Å². The highest BCUT2D eigenvalue weighted by molar-refractivity contribution is 9.10. The molecule has 4 aromatic rings. The van der Waals surface area contributed by atoms with E-state index in [9.17, 15) is 9.59 Å². The van der Waals surface area contributed by atoms with E-state index in [1.807, 2.05) is 41.0 Å². The van der Waals surface area contributed by atoms with Crippen molar-refractivity contribution < 1.29 is 14.7 Å². The Hall–Kier alpha value is -3.83. The molecule has 2 N–H and O–H groups in total. The highest BCUT2D eigenvalue weighted by atomic mass is 79.9. The number of thioether (sulfide) groups is 1. The van der Waals surface area contributed by atoms with Crippen molar-refractivity contribution in [3.63, 3.8) is 0 Å².